The highest BCUT2D eigenvalue weighted by Gasteiger charge is 2.24. The Morgan fingerprint density at radius 2 is 2.31 bits per heavy atom. The van der Waals surface area contributed by atoms with Gasteiger partial charge in [-0.15, -0.1) is 0 Å². The van der Waals surface area contributed by atoms with Crippen LogP contribution in [0, 0.1) is 0 Å². The van der Waals surface area contributed by atoms with Gasteiger partial charge in [-0.25, -0.2) is 0 Å². The quantitative estimate of drug-likeness (QED) is 0.319. The van der Waals surface area contributed by atoms with E-state index in [0.29, 0.717) is 24.4 Å². The summed E-state index contributed by atoms with van der Waals surface area (Å²) in [6.45, 7) is 0.830. The molecule has 2 atom stereocenters. The van der Waals surface area contributed by atoms with Crippen LogP contribution in [0.2, 0.25) is 0 Å². The molecule has 0 aromatic rings. The number of hydrogen-bond donors (Lipinski definition) is 2. The average Bonchev–Trinajstić information content (AvgIpc) is 2.35. The molecule has 5 heteroatoms. The lowest BCUT2D eigenvalue weighted by atomic mass is 9.92. The first kappa shape index (κ1) is 13.3. The van der Waals surface area contributed by atoms with Crippen molar-refractivity contribution in [1.29, 1.82) is 0 Å². The van der Waals surface area contributed by atoms with Crippen molar-refractivity contribution in [3.8, 4) is 0 Å². The normalized spacial score (nSPS) is 27.3. The van der Waals surface area contributed by atoms with E-state index in [9.17, 15) is 0 Å². The molecule has 5 nitrogen and oxygen atoms in total. The molecule has 1 rings (SSSR count). The Labute approximate surface area is 97.2 Å². The molecule has 94 valence electrons. The Balaban J connectivity index is 2.32. The van der Waals surface area contributed by atoms with Crippen molar-refractivity contribution in [1.82, 2.24) is 4.90 Å². The summed E-state index contributed by atoms with van der Waals surface area (Å²) in [5.74, 6) is 0.297. The highest BCUT2D eigenvalue weighted by molar-refractivity contribution is 5.79. The van der Waals surface area contributed by atoms with Crippen LogP contribution in [0.4, 0.5) is 0 Å². The fourth-order valence-corrected chi connectivity index (χ4v) is 2.26. The molecule has 1 aliphatic carbocycles. The molecule has 0 saturated heterocycles. The Morgan fingerprint density at radius 1 is 1.56 bits per heavy atom. The maximum absolute atomic E-state index is 8.46. The van der Waals surface area contributed by atoms with Crippen LogP contribution in [0.1, 0.15) is 32.1 Å². The minimum Gasteiger partial charge on any atom is -0.409 e. The summed E-state index contributed by atoms with van der Waals surface area (Å²) < 4.78 is 5.40. The summed E-state index contributed by atoms with van der Waals surface area (Å²) in [5.41, 5.74) is 5.45. The minimum absolute atomic E-state index is 0.297. The van der Waals surface area contributed by atoms with Crippen molar-refractivity contribution >= 4 is 5.84 Å². The molecule has 0 aromatic heterocycles. The monoisotopic (exact) mass is 229 g/mol. The zero-order valence-electron chi connectivity index (χ0n) is 10.2. The maximum atomic E-state index is 8.46. The highest BCUT2D eigenvalue weighted by atomic mass is 16.5. The van der Waals surface area contributed by atoms with Crippen molar-refractivity contribution in [2.75, 3.05) is 20.7 Å². The second-order valence-electron chi connectivity index (χ2n) is 4.50. The van der Waals surface area contributed by atoms with Crippen LogP contribution in [0.25, 0.3) is 0 Å². The molecule has 0 amide bonds. The molecule has 0 aliphatic heterocycles. The first-order chi connectivity index (χ1) is 7.67. The molecule has 1 aliphatic rings. The molecule has 0 radical (unpaired) electrons. The Kier molecular flexibility index (Phi) is 5.55. The number of ether oxygens (including phenoxy) is 1. The summed E-state index contributed by atoms with van der Waals surface area (Å²) in [6.07, 6.45) is 5.69. The number of methoxy groups -OCH3 is 1. The van der Waals surface area contributed by atoms with Crippen LogP contribution in [0.15, 0.2) is 5.16 Å². The molecule has 0 heterocycles. The third-order valence-electron chi connectivity index (χ3n) is 3.40. The Bertz CT molecular complexity index is 233. The number of hydrogen-bond acceptors (Lipinski definition) is 4. The van der Waals surface area contributed by atoms with E-state index in [-0.39, 0.29) is 0 Å². The van der Waals surface area contributed by atoms with E-state index < -0.39 is 0 Å². The molecule has 1 saturated carbocycles. The van der Waals surface area contributed by atoms with Gasteiger partial charge in [0.15, 0.2) is 0 Å². The summed E-state index contributed by atoms with van der Waals surface area (Å²) in [4.78, 5) is 2.28. The second kappa shape index (κ2) is 6.70. The summed E-state index contributed by atoms with van der Waals surface area (Å²) >= 11 is 0. The van der Waals surface area contributed by atoms with Crippen molar-refractivity contribution in [2.45, 2.75) is 44.2 Å². The summed E-state index contributed by atoms with van der Waals surface area (Å²) in [5, 5.41) is 11.4. The first-order valence-corrected chi connectivity index (χ1v) is 5.86. The highest BCUT2D eigenvalue weighted by Crippen LogP contribution is 2.24. The largest absolute Gasteiger partial charge is 0.409 e. The van der Waals surface area contributed by atoms with Gasteiger partial charge in [-0.2, -0.15) is 0 Å². The average molecular weight is 229 g/mol. The lowest BCUT2D eigenvalue weighted by Gasteiger charge is -2.34. The van der Waals surface area contributed by atoms with Crippen molar-refractivity contribution in [3.63, 3.8) is 0 Å². The molecular formula is C11H23N3O2. The predicted octanol–water partition coefficient (Wildman–Crippen LogP) is 1.01. The minimum atomic E-state index is 0.297. The molecular weight excluding hydrogens is 206 g/mol. The van der Waals surface area contributed by atoms with Crippen molar-refractivity contribution in [3.05, 3.63) is 0 Å². The summed E-state index contributed by atoms with van der Waals surface area (Å²) in [6, 6.07) is 0.560. The number of nitrogens with two attached hydrogens (primary N) is 1. The summed E-state index contributed by atoms with van der Waals surface area (Å²) in [7, 11) is 3.87. The van der Waals surface area contributed by atoms with Crippen molar-refractivity contribution in [2.24, 2.45) is 10.9 Å². The number of oxime groups is 1. The van der Waals surface area contributed by atoms with E-state index in [4.69, 9.17) is 15.7 Å². The van der Waals surface area contributed by atoms with E-state index >= 15 is 0 Å². The van der Waals surface area contributed by atoms with Gasteiger partial charge in [0.2, 0.25) is 0 Å². The smallest absolute Gasteiger partial charge is 0.140 e. The van der Waals surface area contributed by atoms with Crippen LogP contribution in [0.3, 0.4) is 0 Å². The maximum Gasteiger partial charge on any atom is 0.140 e. The van der Waals surface area contributed by atoms with Gasteiger partial charge in [0.05, 0.1) is 6.10 Å². The lowest BCUT2D eigenvalue weighted by Crippen LogP contribution is -2.39. The van der Waals surface area contributed by atoms with E-state index in [1.165, 1.54) is 19.3 Å². The van der Waals surface area contributed by atoms with Crippen LogP contribution < -0.4 is 5.73 Å². The number of nitrogens with zero attached hydrogens (tertiary/aromatic N) is 2. The first-order valence-electron chi connectivity index (χ1n) is 5.86. The standard InChI is InChI=1S/C11H23N3O2/c1-14(7-6-11(12)13-15)9-4-3-5-10(8-9)16-2/h9-10,15H,3-8H2,1-2H3,(H2,12,13). The molecule has 3 N–H and O–H groups in total. The third kappa shape index (κ3) is 3.98. The molecule has 16 heavy (non-hydrogen) atoms. The van der Waals surface area contributed by atoms with Gasteiger partial charge in [0.1, 0.15) is 5.84 Å². The fraction of sp³-hybridized carbons (Fsp3) is 0.909. The van der Waals surface area contributed by atoms with Crippen LogP contribution in [0.5, 0.6) is 0 Å². The number of amidine groups is 1. The SMILES string of the molecule is COC1CCCC(N(C)CCC(N)=NO)C1. The Morgan fingerprint density at radius 3 is 2.94 bits per heavy atom. The lowest BCUT2D eigenvalue weighted by molar-refractivity contribution is 0.0352. The molecule has 0 aromatic carbocycles. The zero-order valence-corrected chi connectivity index (χ0v) is 10.2. The van der Waals surface area contributed by atoms with Gasteiger partial charge < -0.3 is 20.6 Å². The van der Waals surface area contributed by atoms with Gasteiger partial charge in [-0.1, -0.05) is 5.16 Å². The van der Waals surface area contributed by atoms with Gasteiger partial charge >= 0.3 is 0 Å². The topological polar surface area (TPSA) is 71.1 Å². The van der Waals surface area contributed by atoms with Crippen LogP contribution in [-0.4, -0.2) is 48.8 Å². The van der Waals surface area contributed by atoms with E-state index in [1.54, 1.807) is 7.11 Å². The van der Waals surface area contributed by atoms with Gasteiger partial charge in [0.25, 0.3) is 0 Å². The van der Waals surface area contributed by atoms with Gasteiger partial charge in [-0.05, 0) is 32.7 Å². The molecule has 0 bridgehead atoms. The van der Waals surface area contributed by atoms with Crippen LogP contribution >= 0.6 is 0 Å². The van der Waals surface area contributed by atoms with E-state index in [0.717, 1.165) is 13.0 Å². The second-order valence-corrected chi connectivity index (χ2v) is 4.50. The fourth-order valence-electron chi connectivity index (χ4n) is 2.26. The zero-order chi connectivity index (χ0) is 12.0. The van der Waals surface area contributed by atoms with Gasteiger partial charge in [0, 0.05) is 26.1 Å². The molecule has 0 spiro atoms. The van der Waals surface area contributed by atoms with Crippen molar-refractivity contribution < 1.29 is 9.94 Å². The van der Waals surface area contributed by atoms with E-state index in [2.05, 4.69) is 17.1 Å². The molecule has 1 fully saturated rings. The molecule has 2 unspecified atom stereocenters. The number of rotatable bonds is 5. The predicted molar refractivity (Wildman–Crippen MR) is 63.7 cm³/mol. The van der Waals surface area contributed by atoms with Crippen LogP contribution in [-0.2, 0) is 4.74 Å². The Hall–Kier alpha value is -0.810. The third-order valence-corrected chi connectivity index (χ3v) is 3.40. The van der Waals surface area contributed by atoms with E-state index in [1.807, 2.05) is 0 Å². The van der Waals surface area contributed by atoms with Gasteiger partial charge in [-0.3, -0.25) is 0 Å².